The van der Waals surface area contributed by atoms with Crippen LogP contribution in [0.25, 0.3) is 0 Å². The molecule has 0 spiro atoms. The van der Waals surface area contributed by atoms with Crippen molar-refractivity contribution in [3.05, 3.63) is 29.1 Å². The molecular formula is C14H16N2O3. The fourth-order valence-electron chi connectivity index (χ4n) is 1.97. The molecule has 0 bridgehead atoms. The molecule has 2 heterocycles. The number of esters is 1. The number of pyridine rings is 1. The van der Waals surface area contributed by atoms with Gasteiger partial charge in [-0.15, -0.1) is 0 Å². The molecule has 5 nitrogen and oxygen atoms in total. The Morgan fingerprint density at radius 2 is 2.42 bits per heavy atom. The van der Waals surface area contributed by atoms with Crippen molar-refractivity contribution < 1.29 is 14.3 Å². The largest absolute Gasteiger partial charge is 0.458 e. The van der Waals surface area contributed by atoms with E-state index in [1.165, 1.54) is 6.07 Å². The fraction of sp³-hybridized carbons (Fsp3) is 0.500. The van der Waals surface area contributed by atoms with E-state index < -0.39 is 5.97 Å². The highest BCUT2D eigenvalue weighted by Crippen LogP contribution is 2.13. The summed E-state index contributed by atoms with van der Waals surface area (Å²) in [5.74, 6) is -0.471. The van der Waals surface area contributed by atoms with Crippen LogP contribution in [-0.4, -0.2) is 30.3 Å². The van der Waals surface area contributed by atoms with Crippen molar-refractivity contribution in [1.29, 1.82) is 5.26 Å². The topological polar surface area (TPSA) is 72.2 Å². The highest BCUT2D eigenvalue weighted by molar-refractivity contribution is 5.87. The summed E-state index contributed by atoms with van der Waals surface area (Å²) in [6.07, 6.45) is 3.10. The SMILES string of the molecule is Cc1nc(C(=O)OC[C@@H]2CCCCO2)ccc1C#N. The molecule has 1 saturated heterocycles. The first kappa shape index (κ1) is 13.5. The van der Waals surface area contributed by atoms with Gasteiger partial charge in [0.1, 0.15) is 18.4 Å². The molecule has 0 aromatic carbocycles. The van der Waals surface area contributed by atoms with Crippen molar-refractivity contribution in [3.63, 3.8) is 0 Å². The summed E-state index contributed by atoms with van der Waals surface area (Å²) in [6, 6.07) is 5.10. The lowest BCUT2D eigenvalue weighted by Crippen LogP contribution is -2.26. The number of aryl methyl sites for hydroxylation is 1. The predicted octanol–water partition coefficient (Wildman–Crippen LogP) is 1.99. The van der Waals surface area contributed by atoms with Gasteiger partial charge in [0.2, 0.25) is 0 Å². The monoisotopic (exact) mass is 260 g/mol. The molecule has 5 heteroatoms. The van der Waals surface area contributed by atoms with Gasteiger partial charge in [-0.3, -0.25) is 0 Å². The van der Waals surface area contributed by atoms with E-state index in [4.69, 9.17) is 14.7 Å². The van der Waals surface area contributed by atoms with Gasteiger partial charge in [-0.25, -0.2) is 9.78 Å². The lowest BCUT2D eigenvalue weighted by molar-refractivity contribution is -0.0302. The number of carbonyl (C=O) groups excluding carboxylic acids is 1. The molecule has 1 aromatic heterocycles. The van der Waals surface area contributed by atoms with E-state index in [1.54, 1.807) is 13.0 Å². The minimum atomic E-state index is -0.471. The van der Waals surface area contributed by atoms with Crippen LogP contribution in [-0.2, 0) is 9.47 Å². The molecule has 0 radical (unpaired) electrons. The molecule has 1 aliphatic heterocycles. The van der Waals surface area contributed by atoms with Gasteiger partial charge in [0, 0.05) is 6.61 Å². The van der Waals surface area contributed by atoms with Crippen LogP contribution in [0.1, 0.15) is 41.0 Å². The van der Waals surface area contributed by atoms with Gasteiger partial charge >= 0.3 is 5.97 Å². The molecule has 1 fully saturated rings. The molecule has 0 N–H and O–H groups in total. The number of aromatic nitrogens is 1. The number of nitrogens with zero attached hydrogens (tertiary/aromatic N) is 2. The number of rotatable bonds is 3. The number of ether oxygens (including phenoxy) is 2. The molecule has 0 amide bonds. The van der Waals surface area contributed by atoms with E-state index in [2.05, 4.69) is 4.98 Å². The Kier molecular flexibility index (Phi) is 4.48. The molecule has 19 heavy (non-hydrogen) atoms. The summed E-state index contributed by atoms with van der Waals surface area (Å²) >= 11 is 0. The standard InChI is InChI=1S/C14H16N2O3/c1-10-11(8-15)5-6-13(16-10)14(17)19-9-12-4-2-3-7-18-12/h5-6,12H,2-4,7,9H2,1H3/t12-/m0/s1. The zero-order valence-corrected chi connectivity index (χ0v) is 10.9. The van der Waals surface area contributed by atoms with Crippen molar-refractivity contribution in [2.24, 2.45) is 0 Å². The van der Waals surface area contributed by atoms with Crippen LogP contribution in [0.15, 0.2) is 12.1 Å². The van der Waals surface area contributed by atoms with Gasteiger partial charge in [-0.1, -0.05) is 0 Å². The predicted molar refractivity (Wildman–Crippen MR) is 67.6 cm³/mol. The van der Waals surface area contributed by atoms with Crippen molar-refractivity contribution in [2.75, 3.05) is 13.2 Å². The minimum absolute atomic E-state index is 0.00261. The van der Waals surface area contributed by atoms with E-state index in [-0.39, 0.29) is 18.4 Å². The smallest absolute Gasteiger partial charge is 0.357 e. The third kappa shape index (κ3) is 3.52. The van der Waals surface area contributed by atoms with Crippen LogP contribution >= 0.6 is 0 Å². The Bertz CT molecular complexity index is 502. The Hall–Kier alpha value is -1.93. The maximum absolute atomic E-state index is 11.8. The zero-order chi connectivity index (χ0) is 13.7. The van der Waals surface area contributed by atoms with Crippen molar-refractivity contribution in [2.45, 2.75) is 32.3 Å². The van der Waals surface area contributed by atoms with Gasteiger partial charge in [-0.05, 0) is 38.3 Å². The third-order valence-electron chi connectivity index (χ3n) is 3.09. The maximum Gasteiger partial charge on any atom is 0.357 e. The van der Waals surface area contributed by atoms with E-state index in [1.807, 2.05) is 6.07 Å². The third-order valence-corrected chi connectivity index (χ3v) is 3.09. The molecule has 0 unspecified atom stereocenters. The second-order valence-electron chi connectivity index (χ2n) is 4.53. The van der Waals surface area contributed by atoms with Crippen LogP contribution in [0.3, 0.4) is 0 Å². The zero-order valence-electron chi connectivity index (χ0n) is 10.9. The Labute approximate surface area is 112 Å². The molecule has 1 aliphatic rings. The van der Waals surface area contributed by atoms with Crippen LogP contribution in [0, 0.1) is 18.3 Å². The first-order valence-electron chi connectivity index (χ1n) is 6.37. The summed E-state index contributed by atoms with van der Waals surface area (Å²) < 4.78 is 10.7. The maximum atomic E-state index is 11.8. The minimum Gasteiger partial charge on any atom is -0.458 e. The molecule has 2 rings (SSSR count). The van der Waals surface area contributed by atoms with E-state index in [0.717, 1.165) is 25.9 Å². The van der Waals surface area contributed by atoms with Gasteiger partial charge in [0.05, 0.1) is 17.4 Å². The number of carbonyl (C=O) groups is 1. The highest BCUT2D eigenvalue weighted by Gasteiger charge is 2.17. The summed E-state index contributed by atoms with van der Waals surface area (Å²) in [7, 11) is 0. The van der Waals surface area contributed by atoms with Crippen LogP contribution in [0.2, 0.25) is 0 Å². The highest BCUT2D eigenvalue weighted by atomic mass is 16.6. The van der Waals surface area contributed by atoms with Crippen molar-refractivity contribution in [3.8, 4) is 6.07 Å². The van der Waals surface area contributed by atoms with Gasteiger partial charge < -0.3 is 9.47 Å². The average molecular weight is 260 g/mol. The molecular weight excluding hydrogens is 244 g/mol. The average Bonchev–Trinajstić information content (AvgIpc) is 2.45. The normalized spacial score (nSPS) is 18.6. The van der Waals surface area contributed by atoms with Crippen LogP contribution < -0.4 is 0 Å². The fourth-order valence-corrected chi connectivity index (χ4v) is 1.97. The molecule has 1 atom stereocenters. The van der Waals surface area contributed by atoms with Gasteiger partial charge in [-0.2, -0.15) is 5.26 Å². The molecule has 0 aliphatic carbocycles. The second kappa shape index (κ2) is 6.30. The summed E-state index contributed by atoms with van der Waals surface area (Å²) in [5.41, 5.74) is 1.23. The summed E-state index contributed by atoms with van der Waals surface area (Å²) in [4.78, 5) is 15.9. The van der Waals surface area contributed by atoms with Crippen LogP contribution in [0.5, 0.6) is 0 Å². The lowest BCUT2D eigenvalue weighted by Gasteiger charge is -2.21. The van der Waals surface area contributed by atoms with Crippen molar-refractivity contribution in [1.82, 2.24) is 4.98 Å². The van der Waals surface area contributed by atoms with E-state index in [0.29, 0.717) is 11.3 Å². The first-order chi connectivity index (χ1) is 9.20. The summed E-state index contributed by atoms with van der Waals surface area (Å²) in [5, 5.41) is 8.80. The van der Waals surface area contributed by atoms with Gasteiger partial charge in [0.15, 0.2) is 0 Å². The Morgan fingerprint density at radius 3 is 3.05 bits per heavy atom. The number of hydrogen-bond donors (Lipinski definition) is 0. The Balaban J connectivity index is 1.92. The van der Waals surface area contributed by atoms with Gasteiger partial charge in [0.25, 0.3) is 0 Å². The lowest BCUT2D eigenvalue weighted by atomic mass is 10.1. The van der Waals surface area contributed by atoms with Crippen LogP contribution in [0.4, 0.5) is 0 Å². The number of hydrogen-bond acceptors (Lipinski definition) is 5. The molecule has 1 aromatic rings. The summed E-state index contributed by atoms with van der Waals surface area (Å²) in [6.45, 7) is 2.69. The van der Waals surface area contributed by atoms with E-state index in [9.17, 15) is 4.79 Å². The molecule has 0 saturated carbocycles. The number of nitriles is 1. The quantitative estimate of drug-likeness (QED) is 0.777. The van der Waals surface area contributed by atoms with Crippen molar-refractivity contribution >= 4 is 5.97 Å². The molecule has 100 valence electrons. The first-order valence-corrected chi connectivity index (χ1v) is 6.37. The van der Waals surface area contributed by atoms with E-state index >= 15 is 0 Å². The second-order valence-corrected chi connectivity index (χ2v) is 4.53. The Morgan fingerprint density at radius 1 is 1.58 bits per heavy atom.